The summed E-state index contributed by atoms with van der Waals surface area (Å²) in [5, 5.41) is 6.40. The number of nitrogens with zero attached hydrogens (tertiary/aromatic N) is 16. The molecule has 0 bridgehead atoms. The number of nitrogens with one attached hydrogen (secondary N) is 3. The summed E-state index contributed by atoms with van der Waals surface area (Å²) >= 11 is 0. The van der Waals surface area contributed by atoms with E-state index >= 15 is 0 Å². The van der Waals surface area contributed by atoms with Crippen LogP contribution < -0.4 is 63.3 Å². The Morgan fingerprint density at radius 3 is 1.85 bits per heavy atom. The lowest BCUT2D eigenvalue weighted by Crippen LogP contribution is -2.43. The number of ether oxygens (including phenoxy) is 1. The third kappa shape index (κ3) is 16.3. The van der Waals surface area contributed by atoms with Gasteiger partial charge in [0.1, 0.15) is 62.7 Å². The molecule has 2 aromatic carbocycles. The van der Waals surface area contributed by atoms with E-state index in [9.17, 15) is 13.2 Å². The maximum atomic E-state index is 12.9. The lowest BCUT2D eigenvalue weighted by molar-refractivity contribution is -0.698. The van der Waals surface area contributed by atoms with Crippen molar-refractivity contribution in [3.8, 4) is 6.01 Å². The van der Waals surface area contributed by atoms with Crippen LogP contribution in [0, 0.1) is 13.8 Å². The number of fused-ring (bicyclic) bond motifs is 4. The molecule has 13 N–H and O–H groups in total. The monoisotopic (exact) mass is 1390 g/mol. The molecule has 0 aliphatic carbocycles. The van der Waals surface area contributed by atoms with Crippen LogP contribution in [0.25, 0.3) is 33.2 Å². The standard InChI is InChI=1S/C18H24N6.C17H20N4O.C16H14F3N3.C13H14N5.C10H16N6/c1-4-5-8-20-18-22-16(19)15-9-13(3)24(17(15)23-18)11-14-7-6-12(2)21-10-14;1-3-9-22-17-19-15(18)14-10-12(2)21(16(14)20-17)11-13-7-5-4-6-8-13;1-10-7-12-13(8-14(16(17,18)19)21-15(12)20)22(10)9-11-5-3-2-4-6-11;1-7-6-18-8(2)15-10-12(18)11-9(16-13(10)14)4-3-5-17(7)11;1-2-3-4-5-12-10-15-8(11)7-9(16-10)14-6-13-7/h6-7,10H,3-5,8-9,11H2,1-2H3,(H3,19,20,22,23);4-8H,2-3,9-11H2,1H3,(H2,18,19,20);2-6,8H,1,7,9H2,(H2,20,21);3-5,7H,6H2,1-2H3,(H2,14,16);6H,2-5H2,1H3,(H4,11,12,13,14,15,16)/q;;;+1;. The minimum absolute atomic E-state index is 0.0819. The van der Waals surface area contributed by atoms with E-state index < -0.39 is 11.9 Å². The van der Waals surface area contributed by atoms with E-state index in [4.69, 9.17) is 33.4 Å². The Bertz CT molecular complexity index is 4810. The lowest BCUT2D eigenvalue weighted by atomic mass is 10.1. The number of imidazole rings is 2. The number of nitrogens with two attached hydrogens (primary N) is 5. The fourth-order valence-corrected chi connectivity index (χ4v) is 12.3. The number of halogens is 3. The number of rotatable bonds is 18. The Kier molecular flexibility index (Phi) is 22.2. The highest BCUT2D eigenvalue weighted by molar-refractivity contribution is 6.03. The SMILES string of the molecule is C=C1Cc2c(N)nc(NCCCC)nc2N1Cc1ccc(C)nc1.C=C1Cc2c(N)nc(OCCC)nc2N1Cc1ccccc1.C=C1Cc2c(cc(C(F)(F)F)nc2N)N1Cc1ccccc1.CCCCCNc1nc(N)c2[nH]cnc2n1.Cc1nc2c(N)nc3ccc[n+]4c3c2n1CC4C. The first kappa shape index (κ1) is 71.6. The number of pyridine rings is 4. The van der Waals surface area contributed by atoms with Gasteiger partial charge < -0.3 is 68.3 Å². The highest BCUT2D eigenvalue weighted by Crippen LogP contribution is 2.43. The molecule has 13 heterocycles. The summed E-state index contributed by atoms with van der Waals surface area (Å²) in [6.45, 7) is 29.9. The van der Waals surface area contributed by atoms with Gasteiger partial charge in [0.15, 0.2) is 29.5 Å². The van der Waals surface area contributed by atoms with Gasteiger partial charge >= 0.3 is 12.2 Å². The van der Waals surface area contributed by atoms with Gasteiger partial charge in [0, 0.05) is 97.2 Å². The molecule has 4 aliphatic heterocycles. The number of aromatic amines is 1. The van der Waals surface area contributed by atoms with Crippen LogP contribution >= 0.6 is 0 Å². The van der Waals surface area contributed by atoms with Gasteiger partial charge in [0.25, 0.3) is 5.52 Å². The zero-order valence-corrected chi connectivity index (χ0v) is 58.5. The van der Waals surface area contributed by atoms with Crippen molar-refractivity contribution in [1.82, 2.24) is 64.4 Å². The first-order valence-electron chi connectivity index (χ1n) is 34.2. The molecule has 0 saturated heterocycles. The minimum atomic E-state index is -4.52. The van der Waals surface area contributed by atoms with Crippen molar-refractivity contribution in [3.05, 3.63) is 197 Å². The molecule has 0 radical (unpaired) electrons. The number of unbranched alkanes of at least 4 members (excludes halogenated alkanes) is 3. The number of aryl methyl sites for hydroxylation is 2. The molecule has 0 saturated carbocycles. The number of benzene rings is 2. The highest BCUT2D eigenvalue weighted by atomic mass is 19.4. The molecule has 9 aromatic heterocycles. The van der Waals surface area contributed by atoms with Crippen molar-refractivity contribution >= 4 is 91.5 Å². The van der Waals surface area contributed by atoms with Crippen molar-refractivity contribution in [2.45, 2.75) is 138 Å². The smallest absolute Gasteiger partial charge is 0.433 e. The quantitative estimate of drug-likeness (QED) is 0.0292. The average molecular weight is 1390 g/mol. The normalized spacial score (nSPS) is 14.0. The third-order valence-corrected chi connectivity index (χ3v) is 17.6. The van der Waals surface area contributed by atoms with E-state index in [0.717, 1.165) is 137 Å². The van der Waals surface area contributed by atoms with Gasteiger partial charge in [-0.15, -0.1) is 0 Å². The molecule has 0 fully saturated rings. The Balaban J connectivity index is 0.000000129. The summed E-state index contributed by atoms with van der Waals surface area (Å²) < 4.78 is 48.8. The molecule has 1 unspecified atom stereocenters. The molecule has 28 heteroatoms. The Labute approximate surface area is 590 Å². The van der Waals surface area contributed by atoms with Gasteiger partial charge in [-0.3, -0.25) is 4.98 Å². The number of aromatic nitrogens is 14. The fourth-order valence-electron chi connectivity index (χ4n) is 12.3. The van der Waals surface area contributed by atoms with Crippen LogP contribution in [0.1, 0.15) is 123 Å². The van der Waals surface area contributed by atoms with E-state index in [2.05, 4.69) is 154 Å². The van der Waals surface area contributed by atoms with Crippen LogP contribution in [0.15, 0.2) is 147 Å². The fraction of sp³-hybridized carbons (Fsp3) is 0.324. The summed E-state index contributed by atoms with van der Waals surface area (Å²) in [5.74, 6) is 5.69. The number of hydrogen-bond donors (Lipinski definition) is 8. The zero-order valence-electron chi connectivity index (χ0n) is 58.5. The van der Waals surface area contributed by atoms with Crippen molar-refractivity contribution in [2.75, 3.05) is 73.7 Å². The minimum Gasteiger partial charge on any atom is -0.463 e. The molecule has 25 nitrogen and oxygen atoms in total. The maximum Gasteiger partial charge on any atom is 0.433 e. The molecular formula is C74H88F3N24O+. The number of allylic oxidation sites excluding steroid dienone is 3. The van der Waals surface area contributed by atoms with Crippen molar-refractivity contribution in [2.24, 2.45) is 0 Å². The second kappa shape index (κ2) is 31.7. The molecule has 530 valence electrons. The van der Waals surface area contributed by atoms with E-state index in [1.54, 1.807) is 11.2 Å². The average Bonchev–Trinajstić information content (AvgIpc) is 1.47. The highest BCUT2D eigenvalue weighted by Gasteiger charge is 2.37. The molecule has 1 atom stereocenters. The van der Waals surface area contributed by atoms with Crippen LogP contribution in [-0.4, -0.2) is 84.1 Å². The van der Waals surface area contributed by atoms with Gasteiger partial charge in [-0.1, -0.05) is 127 Å². The zero-order chi connectivity index (χ0) is 72.4. The van der Waals surface area contributed by atoms with E-state index in [1.165, 1.54) is 18.4 Å². The number of hydrogen-bond acceptors (Lipinski definition) is 22. The summed E-state index contributed by atoms with van der Waals surface area (Å²) in [5.41, 5.74) is 44.0. The molecule has 11 aromatic rings. The van der Waals surface area contributed by atoms with Crippen LogP contribution in [0.2, 0.25) is 0 Å². The summed E-state index contributed by atoms with van der Waals surface area (Å²) in [4.78, 5) is 56.0. The van der Waals surface area contributed by atoms with Gasteiger partial charge in [0.2, 0.25) is 11.9 Å². The summed E-state index contributed by atoms with van der Waals surface area (Å²) in [6.07, 6.45) is 9.44. The topological polar surface area (TPSA) is 339 Å². The molecular weight excluding hydrogens is 1300 g/mol. The van der Waals surface area contributed by atoms with Crippen LogP contribution in [-0.2, 0) is 51.6 Å². The number of H-pyrrole nitrogens is 1. The van der Waals surface area contributed by atoms with Gasteiger partial charge in [-0.25, -0.2) is 19.9 Å². The number of anilines is 10. The predicted molar refractivity (Wildman–Crippen MR) is 398 cm³/mol. The second-order valence-corrected chi connectivity index (χ2v) is 25.3. The molecule has 15 rings (SSSR count). The Hall–Kier alpha value is -11.7. The van der Waals surface area contributed by atoms with Gasteiger partial charge in [-0.05, 0) is 74.9 Å². The predicted octanol–water partition coefficient (Wildman–Crippen LogP) is 12.6. The Morgan fingerprint density at radius 1 is 0.608 bits per heavy atom. The van der Waals surface area contributed by atoms with E-state index in [-0.39, 0.29) is 5.82 Å². The summed E-state index contributed by atoms with van der Waals surface area (Å²) in [7, 11) is 0. The number of nitrogen functional groups attached to an aromatic ring is 5. The van der Waals surface area contributed by atoms with Gasteiger partial charge in [-0.2, -0.15) is 47.6 Å². The third-order valence-electron chi connectivity index (χ3n) is 17.6. The molecule has 0 spiro atoms. The first-order valence-corrected chi connectivity index (χ1v) is 34.2. The molecule has 102 heavy (non-hydrogen) atoms. The second-order valence-electron chi connectivity index (χ2n) is 25.3. The summed E-state index contributed by atoms with van der Waals surface area (Å²) in [6, 6.07) is 29.7. The number of alkyl halides is 3. The van der Waals surface area contributed by atoms with Crippen molar-refractivity contribution in [3.63, 3.8) is 0 Å². The molecule has 0 amide bonds. The van der Waals surface area contributed by atoms with Crippen LogP contribution in [0.4, 0.5) is 71.5 Å². The van der Waals surface area contributed by atoms with E-state index in [0.29, 0.717) is 114 Å². The van der Waals surface area contributed by atoms with Gasteiger partial charge in [0.05, 0.1) is 31.7 Å². The lowest BCUT2D eigenvalue weighted by Gasteiger charge is -2.21. The van der Waals surface area contributed by atoms with Crippen LogP contribution in [0.3, 0.4) is 0 Å². The van der Waals surface area contributed by atoms with E-state index in [1.807, 2.05) is 93.7 Å². The first-order chi connectivity index (χ1) is 49.1. The largest absolute Gasteiger partial charge is 0.463 e. The van der Waals surface area contributed by atoms with Crippen LogP contribution in [0.5, 0.6) is 6.01 Å². The Morgan fingerprint density at radius 2 is 1.21 bits per heavy atom. The maximum absolute atomic E-state index is 12.9. The molecule has 4 aliphatic rings. The van der Waals surface area contributed by atoms with Crippen molar-refractivity contribution < 1.29 is 22.5 Å². The van der Waals surface area contributed by atoms with Crippen molar-refractivity contribution in [1.29, 1.82) is 0 Å².